The zero-order valence-corrected chi connectivity index (χ0v) is 13.5. The van der Waals surface area contributed by atoms with E-state index in [1.54, 1.807) is 6.07 Å². The van der Waals surface area contributed by atoms with Gasteiger partial charge in [0, 0.05) is 31.2 Å². The topological polar surface area (TPSA) is 41.6 Å². The summed E-state index contributed by atoms with van der Waals surface area (Å²) in [5, 5.41) is 3.03. The molecule has 5 heteroatoms. The number of carbonyl (C=O) groups excluding carboxylic acids is 1. The van der Waals surface area contributed by atoms with Gasteiger partial charge in [0.15, 0.2) is 0 Å². The summed E-state index contributed by atoms with van der Waals surface area (Å²) in [6.07, 6.45) is 4.01. The van der Waals surface area contributed by atoms with Crippen molar-refractivity contribution in [1.82, 2.24) is 10.2 Å². The molecule has 2 heterocycles. The van der Waals surface area contributed by atoms with Crippen LogP contribution in [0.25, 0.3) is 0 Å². The molecule has 0 aliphatic carbocycles. The summed E-state index contributed by atoms with van der Waals surface area (Å²) in [6, 6.07) is 6.91. The molecule has 1 aromatic rings. The van der Waals surface area contributed by atoms with Crippen molar-refractivity contribution in [2.45, 2.75) is 38.3 Å². The van der Waals surface area contributed by atoms with Crippen molar-refractivity contribution in [2.75, 3.05) is 26.2 Å². The quantitative estimate of drug-likeness (QED) is 0.905. The van der Waals surface area contributed by atoms with Gasteiger partial charge in [-0.2, -0.15) is 0 Å². The van der Waals surface area contributed by atoms with E-state index in [9.17, 15) is 9.18 Å². The highest BCUT2D eigenvalue weighted by Crippen LogP contribution is 2.20. The summed E-state index contributed by atoms with van der Waals surface area (Å²) < 4.78 is 19.2. The van der Waals surface area contributed by atoms with E-state index in [-0.39, 0.29) is 23.7 Å². The molecule has 0 bridgehead atoms. The van der Waals surface area contributed by atoms with Crippen LogP contribution in [0.5, 0.6) is 0 Å². The molecular formula is C18H25FN2O2. The van der Waals surface area contributed by atoms with Crippen molar-refractivity contribution in [2.24, 2.45) is 5.92 Å². The molecule has 0 unspecified atom stereocenters. The predicted molar refractivity (Wildman–Crippen MR) is 86.4 cm³/mol. The first kappa shape index (κ1) is 16.4. The van der Waals surface area contributed by atoms with Crippen LogP contribution in [-0.2, 0) is 16.1 Å². The second kappa shape index (κ2) is 7.88. The van der Waals surface area contributed by atoms with Crippen molar-refractivity contribution in [3.8, 4) is 0 Å². The first-order valence-corrected chi connectivity index (χ1v) is 8.57. The van der Waals surface area contributed by atoms with E-state index >= 15 is 0 Å². The second-order valence-electron chi connectivity index (χ2n) is 6.52. The number of amides is 1. The van der Waals surface area contributed by atoms with E-state index in [1.807, 2.05) is 12.1 Å². The number of nitrogens with one attached hydrogen (secondary N) is 1. The largest absolute Gasteiger partial charge is 0.376 e. The van der Waals surface area contributed by atoms with Gasteiger partial charge >= 0.3 is 0 Å². The van der Waals surface area contributed by atoms with Gasteiger partial charge in [-0.05, 0) is 44.8 Å². The zero-order valence-electron chi connectivity index (χ0n) is 13.5. The van der Waals surface area contributed by atoms with Crippen LogP contribution in [0.1, 0.15) is 31.2 Å². The molecular weight excluding hydrogens is 295 g/mol. The summed E-state index contributed by atoms with van der Waals surface area (Å²) >= 11 is 0. The molecule has 3 rings (SSSR count). The fourth-order valence-electron chi connectivity index (χ4n) is 3.38. The Balaban J connectivity index is 1.41. The summed E-state index contributed by atoms with van der Waals surface area (Å²) in [6.45, 7) is 3.75. The summed E-state index contributed by atoms with van der Waals surface area (Å²) in [4.78, 5) is 14.5. The van der Waals surface area contributed by atoms with Crippen molar-refractivity contribution < 1.29 is 13.9 Å². The lowest BCUT2D eigenvalue weighted by Crippen LogP contribution is -2.42. The smallest absolute Gasteiger partial charge is 0.223 e. The number of hydrogen-bond donors (Lipinski definition) is 1. The van der Waals surface area contributed by atoms with Crippen molar-refractivity contribution >= 4 is 5.91 Å². The highest BCUT2D eigenvalue weighted by atomic mass is 19.1. The van der Waals surface area contributed by atoms with Crippen LogP contribution in [0.2, 0.25) is 0 Å². The van der Waals surface area contributed by atoms with E-state index < -0.39 is 0 Å². The molecule has 0 saturated carbocycles. The third kappa shape index (κ3) is 4.52. The molecule has 1 atom stereocenters. The first-order chi connectivity index (χ1) is 11.2. The molecule has 2 fully saturated rings. The molecule has 0 aromatic heterocycles. The Labute approximate surface area is 137 Å². The number of nitrogens with zero attached hydrogens (tertiary/aromatic N) is 1. The number of piperidine rings is 1. The van der Waals surface area contributed by atoms with Crippen LogP contribution in [0, 0.1) is 11.7 Å². The lowest BCUT2D eigenvalue weighted by atomic mass is 9.95. The molecule has 4 nitrogen and oxygen atoms in total. The fraction of sp³-hybridized carbons (Fsp3) is 0.611. The third-order valence-electron chi connectivity index (χ3n) is 4.84. The Morgan fingerprint density at radius 3 is 2.74 bits per heavy atom. The Hall–Kier alpha value is -1.46. The van der Waals surface area contributed by atoms with Crippen molar-refractivity contribution in [3.05, 3.63) is 35.6 Å². The summed E-state index contributed by atoms with van der Waals surface area (Å²) in [5.74, 6) is 0.0724. The van der Waals surface area contributed by atoms with E-state index in [1.165, 1.54) is 6.07 Å². The Kier molecular flexibility index (Phi) is 5.62. The number of likely N-dealkylation sites (tertiary alicyclic amines) is 1. The van der Waals surface area contributed by atoms with Crippen LogP contribution < -0.4 is 5.32 Å². The van der Waals surface area contributed by atoms with Gasteiger partial charge in [0.1, 0.15) is 5.82 Å². The third-order valence-corrected chi connectivity index (χ3v) is 4.84. The number of carbonyl (C=O) groups is 1. The van der Waals surface area contributed by atoms with Gasteiger partial charge in [-0.15, -0.1) is 0 Å². The Bertz CT molecular complexity index is 524. The molecule has 1 amide bonds. The maximum atomic E-state index is 13.7. The zero-order chi connectivity index (χ0) is 16.1. The number of benzene rings is 1. The van der Waals surface area contributed by atoms with Gasteiger partial charge < -0.3 is 10.1 Å². The molecule has 0 spiro atoms. The highest BCUT2D eigenvalue weighted by Gasteiger charge is 2.26. The highest BCUT2D eigenvalue weighted by molar-refractivity contribution is 5.78. The summed E-state index contributed by atoms with van der Waals surface area (Å²) in [5.41, 5.74) is 0.730. The van der Waals surface area contributed by atoms with Crippen LogP contribution in [0.4, 0.5) is 4.39 Å². The van der Waals surface area contributed by atoms with Crippen molar-refractivity contribution in [3.63, 3.8) is 0 Å². The van der Waals surface area contributed by atoms with Gasteiger partial charge in [-0.25, -0.2) is 4.39 Å². The monoisotopic (exact) mass is 320 g/mol. The average molecular weight is 320 g/mol. The van der Waals surface area contributed by atoms with E-state index in [2.05, 4.69) is 10.2 Å². The normalized spacial score (nSPS) is 23.1. The summed E-state index contributed by atoms with van der Waals surface area (Å²) in [7, 11) is 0. The Morgan fingerprint density at radius 1 is 1.26 bits per heavy atom. The van der Waals surface area contributed by atoms with Gasteiger partial charge in [0.05, 0.1) is 6.10 Å². The number of halogens is 1. The number of ether oxygens (including phenoxy) is 1. The standard InChI is InChI=1S/C18H25FN2O2/c19-17-6-2-1-4-15(17)13-21-9-7-14(8-10-21)18(22)20-12-16-5-3-11-23-16/h1-2,4,6,14,16H,3,5,7-13H2,(H,20,22)/t16-/m0/s1. The maximum absolute atomic E-state index is 13.7. The molecule has 2 aliphatic heterocycles. The van der Waals surface area contributed by atoms with Gasteiger partial charge in [0.25, 0.3) is 0 Å². The maximum Gasteiger partial charge on any atom is 0.223 e. The van der Waals surface area contributed by atoms with E-state index in [4.69, 9.17) is 4.74 Å². The predicted octanol–water partition coefficient (Wildman–Crippen LogP) is 2.33. The molecule has 2 saturated heterocycles. The molecule has 0 radical (unpaired) electrons. The van der Waals surface area contributed by atoms with Crippen LogP contribution in [-0.4, -0.2) is 43.2 Å². The Morgan fingerprint density at radius 2 is 2.04 bits per heavy atom. The molecule has 1 N–H and O–H groups in total. The van der Waals surface area contributed by atoms with Gasteiger partial charge in [-0.3, -0.25) is 9.69 Å². The minimum absolute atomic E-state index is 0.0771. The second-order valence-corrected chi connectivity index (χ2v) is 6.52. The van der Waals surface area contributed by atoms with E-state index in [0.29, 0.717) is 13.1 Å². The number of hydrogen-bond acceptors (Lipinski definition) is 3. The van der Waals surface area contributed by atoms with Crippen LogP contribution in [0.15, 0.2) is 24.3 Å². The fourth-order valence-corrected chi connectivity index (χ4v) is 3.38. The number of rotatable bonds is 5. The lowest BCUT2D eigenvalue weighted by Gasteiger charge is -2.31. The average Bonchev–Trinajstić information content (AvgIpc) is 3.09. The van der Waals surface area contributed by atoms with Crippen molar-refractivity contribution in [1.29, 1.82) is 0 Å². The van der Waals surface area contributed by atoms with Crippen LogP contribution in [0.3, 0.4) is 0 Å². The SMILES string of the molecule is O=C(NC[C@@H]1CCCO1)C1CCN(Cc2ccccc2F)CC1. The van der Waals surface area contributed by atoms with E-state index in [0.717, 1.165) is 50.9 Å². The van der Waals surface area contributed by atoms with Gasteiger partial charge in [-0.1, -0.05) is 18.2 Å². The molecule has 1 aromatic carbocycles. The van der Waals surface area contributed by atoms with Gasteiger partial charge in [0.2, 0.25) is 5.91 Å². The lowest BCUT2D eigenvalue weighted by molar-refractivity contribution is -0.127. The molecule has 23 heavy (non-hydrogen) atoms. The first-order valence-electron chi connectivity index (χ1n) is 8.57. The van der Waals surface area contributed by atoms with Crippen LogP contribution >= 0.6 is 0 Å². The minimum Gasteiger partial charge on any atom is -0.376 e. The molecule has 126 valence electrons. The minimum atomic E-state index is -0.149. The molecule has 2 aliphatic rings.